The average molecular weight is 472 g/mol. The van der Waals surface area contributed by atoms with Crippen molar-refractivity contribution in [2.24, 2.45) is 0 Å². The molecule has 1 aliphatic rings. The van der Waals surface area contributed by atoms with Crippen LogP contribution >= 0.6 is 0 Å². The fourth-order valence-electron chi connectivity index (χ4n) is 3.73. The van der Waals surface area contributed by atoms with Crippen LogP contribution in [0.5, 0.6) is 5.88 Å². The Kier molecular flexibility index (Phi) is 6.27. The molecule has 0 radical (unpaired) electrons. The van der Waals surface area contributed by atoms with Crippen LogP contribution in [-0.2, 0) is 5.41 Å². The predicted octanol–water partition coefficient (Wildman–Crippen LogP) is 2.85. The lowest BCUT2D eigenvalue weighted by molar-refractivity contribution is 0.0271. The number of nitriles is 2. The quantitative estimate of drug-likeness (QED) is 0.403. The van der Waals surface area contributed by atoms with Crippen molar-refractivity contribution in [3.63, 3.8) is 0 Å². The summed E-state index contributed by atoms with van der Waals surface area (Å²) in [6.07, 6.45) is 2.95. The molecule has 0 saturated carbocycles. The number of aliphatic hydroxyl groups is 2. The minimum atomic E-state index is -1.08. The number of ether oxygens (including phenoxy) is 1. The second-order valence-electron chi connectivity index (χ2n) is 9.31. The molecule has 0 aliphatic carbocycles. The highest BCUT2D eigenvalue weighted by molar-refractivity contribution is 5.76. The Morgan fingerprint density at radius 1 is 1.23 bits per heavy atom. The SMILES string of the molecule is CC(C)(O)COc1ncc(C#N)cc1Nc1nccc(-c2cc(C#N)c3c(c2)C(C)(CO)CN3)n1. The molecule has 3 heterocycles. The Hall–Kier alpha value is -4.25. The van der Waals surface area contributed by atoms with E-state index in [0.717, 1.165) is 11.3 Å². The van der Waals surface area contributed by atoms with E-state index in [-0.39, 0.29) is 25.0 Å². The lowest BCUT2D eigenvalue weighted by Crippen LogP contribution is -2.28. The topological polar surface area (TPSA) is 160 Å². The van der Waals surface area contributed by atoms with E-state index in [2.05, 4.69) is 31.7 Å². The summed E-state index contributed by atoms with van der Waals surface area (Å²) in [7, 11) is 0. The van der Waals surface area contributed by atoms with E-state index >= 15 is 0 Å². The van der Waals surface area contributed by atoms with Crippen molar-refractivity contribution < 1.29 is 14.9 Å². The van der Waals surface area contributed by atoms with Gasteiger partial charge in [0.05, 0.1) is 34.7 Å². The van der Waals surface area contributed by atoms with Crippen LogP contribution < -0.4 is 15.4 Å². The third kappa shape index (κ3) is 4.99. The molecular formula is C25H25N7O3. The normalized spacial score (nSPS) is 16.5. The molecule has 178 valence electrons. The van der Waals surface area contributed by atoms with Crippen LogP contribution in [0.4, 0.5) is 17.3 Å². The lowest BCUT2D eigenvalue weighted by atomic mass is 9.83. The van der Waals surface area contributed by atoms with Crippen molar-refractivity contribution in [1.29, 1.82) is 10.5 Å². The predicted molar refractivity (Wildman–Crippen MR) is 129 cm³/mol. The number of rotatable bonds is 7. The average Bonchev–Trinajstić information content (AvgIpc) is 3.19. The molecule has 0 fully saturated rings. The zero-order valence-corrected chi connectivity index (χ0v) is 19.6. The van der Waals surface area contributed by atoms with Crippen molar-refractivity contribution in [1.82, 2.24) is 15.0 Å². The smallest absolute Gasteiger partial charge is 0.237 e. The number of fused-ring (bicyclic) bond motifs is 1. The van der Waals surface area contributed by atoms with Crippen LogP contribution in [0, 0.1) is 22.7 Å². The summed E-state index contributed by atoms with van der Waals surface area (Å²) < 4.78 is 5.65. The molecule has 35 heavy (non-hydrogen) atoms. The second kappa shape index (κ2) is 9.18. The van der Waals surface area contributed by atoms with Crippen LogP contribution in [0.3, 0.4) is 0 Å². The van der Waals surface area contributed by atoms with E-state index < -0.39 is 11.0 Å². The van der Waals surface area contributed by atoms with E-state index in [9.17, 15) is 20.7 Å². The molecule has 4 rings (SSSR count). The number of anilines is 3. The van der Waals surface area contributed by atoms with Crippen molar-refractivity contribution >= 4 is 17.3 Å². The van der Waals surface area contributed by atoms with Gasteiger partial charge in [-0.25, -0.2) is 15.0 Å². The Morgan fingerprint density at radius 3 is 2.71 bits per heavy atom. The molecule has 10 heteroatoms. The fraction of sp³-hybridized carbons (Fsp3) is 0.320. The van der Waals surface area contributed by atoms with E-state index in [1.54, 1.807) is 38.2 Å². The molecule has 4 N–H and O–H groups in total. The largest absolute Gasteiger partial charge is 0.473 e. The second-order valence-corrected chi connectivity index (χ2v) is 9.31. The molecule has 0 bridgehead atoms. The standard InChI is InChI=1S/C25H25N7O3/c1-24(2,34)14-35-22-20(6-15(9-26)11-29-22)32-23-28-5-4-19(31-23)16-7-17(10-27)21-18(8-16)25(3,13-33)12-30-21/h4-8,11,30,33-34H,12-14H2,1-3H3,(H,28,31,32). The summed E-state index contributed by atoms with van der Waals surface area (Å²) in [5.74, 6) is 0.420. The van der Waals surface area contributed by atoms with Crippen LogP contribution in [0.2, 0.25) is 0 Å². The molecule has 2 aromatic heterocycles. The van der Waals surface area contributed by atoms with Gasteiger partial charge in [0.1, 0.15) is 24.4 Å². The van der Waals surface area contributed by atoms with Gasteiger partial charge in [-0.1, -0.05) is 6.92 Å². The van der Waals surface area contributed by atoms with Crippen LogP contribution in [0.25, 0.3) is 11.3 Å². The number of nitrogens with one attached hydrogen (secondary N) is 2. The Morgan fingerprint density at radius 2 is 2.03 bits per heavy atom. The first-order valence-electron chi connectivity index (χ1n) is 10.9. The number of hydrogen-bond acceptors (Lipinski definition) is 10. The number of aromatic nitrogens is 3. The van der Waals surface area contributed by atoms with E-state index in [0.29, 0.717) is 34.6 Å². The van der Waals surface area contributed by atoms with E-state index in [1.807, 2.05) is 19.1 Å². The number of benzene rings is 1. The van der Waals surface area contributed by atoms with E-state index in [4.69, 9.17) is 4.74 Å². The maximum absolute atomic E-state index is 9.99. The maximum atomic E-state index is 9.99. The third-order valence-electron chi connectivity index (χ3n) is 5.65. The summed E-state index contributed by atoms with van der Waals surface area (Å²) in [6, 6.07) is 11.2. The molecule has 1 aromatic carbocycles. The van der Waals surface area contributed by atoms with Gasteiger partial charge in [-0.3, -0.25) is 0 Å². The first-order chi connectivity index (χ1) is 16.7. The van der Waals surface area contributed by atoms with Gasteiger partial charge >= 0.3 is 0 Å². The molecule has 10 nitrogen and oxygen atoms in total. The summed E-state index contributed by atoms with van der Waals surface area (Å²) in [5, 5.41) is 45.2. The minimum absolute atomic E-state index is 0.00873. The highest BCUT2D eigenvalue weighted by Gasteiger charge is 2.36. The molecule has 1 atom stereocenters. The van der Waals surface area contributed by atoms with Gasteiger partial charge in [0, 0.05) is 29.9 Å². The summed E-state index contributed by atoms with van der Waals surface area (Å²) in [5.41, 5.74) is 2.42. The van der Waals surface area contributed by atoms with Crippen LogP contribution in [-0.4, -0.2) is 50.5 Å². The number of aliphatic hydroxyl groups excluding tert-OH is 1. The summed E-state index contributed by atoms with van der Waals surface area (Å²) in [6.45, 7) is 5.62. The highest BCUT2D eigenvalue weighted by atomic mass is 16.5. The van der Waals surface area contributed by atoms with E-state index in [1.165, 1.54) is 6.20 Å². The van der Waals surface area contributed by atoms with Crippen LogP contribution in [0.1, 0.15) is 37.5 Å². The molecule has 0 amide bonds. The van der Waals surface area contributed by atoms with Gasteiger partial charge in [0.2, 0.25) is 11.8 Å². The first kappa shape index (κ1) is 23.9. The van der Waals surface area contributed by atoms with Crippen LogP contribution in [0.15, 0.2) is 36.7 Å². The Balaban J connectivity index is 1.70. The van der Waals surface area contributed by atoms with Gasteiger partial charge in [-0.05, 0) is 43.7 Å². The minimum Gasteiger partial charge on any atom is -0.473 e. The Labute approximate surface area is 202 Å². The Bertz CT molecular complexity index is 1350. The van der Waals surface area contributed by atoms with Crippen molar-refractivity contribution in [2.75, 3.05) is 30.4 Å². The number of nitrogens with zero attached hydrogens (tertiary/aromatic N) is 5. The zero-order valence-electron chi connectivity index (χ0n) is 19.6. The first-order valence-corrected chi connectivity index (χ1v) is 10.9. The number of hydrogen-bond donors (Lipinski definition) is 4. The van der Waals surface area contributed by atoms with Gasteiger partial charge in [0.15, 0.2) is 0 Å². The molecular weight excluding hydrogens is 446 g/mol. The zero-order chi connectivity index (χ0) is 25.2. The summed E-state index contributed by atoms with van der Waals surface area (Å²) in [4.78, 5) is 13.0. The van der Waals surface area contributed by atoms with Gasteiger partial charge in [0.25, 0.3) is 0 Å². The van der Waals surface area contributed by atoms with Crippen molar-refractivity contribution in [2.45, 2.75) is 31.8 Å². The molecule has 1 unspecified atom stereocenters. The molecule has 0 spiro atoms. The van der Waals surface area contributed by atoms with Crippen molar-refractivity contribution in [3.8, 4) is 29.3 Å². The van der Waals surface area contributed by atoms with Gasteiger partial charge < -0.3 is 25.6 Å². The van der Waals surface area contributed by atoms with Gasteiger partial charge in [-0.15, -0.1) is 0 Å². The molecule has 0 saturated heterocycles. The maximum Gasteiger partial charge on any atom is 0.237 e. The lowest BCUT2D eigenvalue weighted by Gasteiger charge is -2.21. The molecule has 3 aromatic rings. The number of pyridine rings is 1. The third-order valence-corrected chi connectivity index (χ3v) is 5.65. The monoisotopic (exact) mass is 471 g/mol. The summed E-state index contributed by atoms with van der Waals surface area (Å²) >= 11 is 0. The fourth-order valence-corrected chi connectivity index (χ4v) is 3.73. The highest BCUT2D eigenvalue weighted by Crippen LogP contribution is 2.41. The van der Waals surface area contributed by atoms with Gasteiger partial charge in [-0.2, -0.15) is 10.5 Å². The molecule has 1 aliphatic heterocycles. The van der Waals surface area contributed by atoms with Crippen molar-refractivity contribution in [3.05, 3.63) is 53.3 Å².